The lowest BCUT2D eigenvalue weighted by atomic mass is 9.75. The number of methoxy groups -OCH3 is 1. The van der Waals surface area contributed by atoms with Crippen LogP contribution >= 0.6 is 0 Å². The molecular weight excluding hydrogens is 314 g/mol. The van der Waals surface area contributed by atoms with Crippen LogP contribution in [0.1, 0.15) is 44.9 Å². The van der Waals surface area contributed by atoms with Gasteiger partial charge in [0.2, 0.25) is 0 Å². The van der Waals surface area contributed by atoms with Gasteiger partial charge in [-0.25, -0.2) is 0 Å². The fourth-order valence-electron chi connectivity index (χ4n) is 4.88. The number of rotatable bonds is 3. The van der Waals surface area contributed by atoms with E-state index in [4.69, 9.17) is 4.74 Å². The van der Waals surface area contributed by atoms with Crippen LogP contribution in [0.5, 0.6) is 0 Å². The first-order valence-corrected chi connectivity index (χ1v) is 8.98. The van der Waals surface area contributed by atoms with Crippen molar-refractivity contribution < 1.29 is 30.0 Å². The molecule has 0 radical (unpaired) electrons. The maximum atomic E-state index is 12.2. The zero-order chi connectivity index (χ0) is 17.5. The molecule has 7 nitrogen and oxygen atoms in total. The average molecular weight is 343 g/mol. The Morgan fingerprint density at radius 1 is 1.21 bits per heavy atom. The van der Waals surface area contributed by atoms with Gasteiger partial charge >= 0.3 is 5.97 Å². The fraction of sp³-hybridized carbons (Fsp3) is 0.941. The molecule has 1 aliphatic heterocycles. The Morgan fingerprint density at radius 3 is 2.50 bits per heavy atom. The van der Waals surface area contributed by atoms with Crippen LogP contribution in [-0.2, 0) is 9.53 Å². The molecule has 1 saturated heterocycles. The van der Waals surface area contributed by atoms with Crippen molar-refractivity contribution in [2.45, 2.75) is 80.9 Å². The van der Waals surface area contributed by atoms with Gasteiger partial charge in [-0.3, -0.25) is 9.69 Å². The molecule has 0 bridgehead atoms. The first kappa shape index (κ1) is 18.1. The summed E-state index contributed by atoms with van der Waals surface area (Å²) in [6.07, 6.45) is 1.89. The summed E-state index contributed by atoms with van der Waals surface area (Å²) < 4.78 is 4.90. The summed E-state index contributed by atoms with van der Waals surface area (Å²) >= 11 is 0. The predicted molar refractivity (Wildman–Crippen MR) is 85.1 cm³/mol. The van der Waals surface area contributed by atoms with E-state index in [-0.39, 0.29) is 12.8 Å². The highest BCUT2D eigenvalue weighted by atomic mass is 16.5. The third-order valence-electron chi connectivity index (χ3n) is 6.26. The lowest BCUT2D eigenvalue weighted by molar-refractivity contribution is -0.197. The van der Waals surface area contributed by atoms with E-state index in [1.807, 2.05) is 4.90 Å². The van der Waals surface area contributed by atoms with Crippen LogP contribution in [0.4, 0.5) is 0 Å². The first-order valence-electron chi connectivity index (χ1n) is 8.98. The van der Waals surface area contributed by atoms with Crippen molar-refractivity contribution in [3.8, 4) is 0 Å². The largest absolute Gasteiger partial charge is 0.468 e. The summed E-state index contributed by atoms with van der Waals surface area (Å²) in [6, 6.07) is -1.21. The quantitative estimate of drug-likeness (QED) is 0.507. The van der Waals surface area contributed by atoms with Crippen molar-refractivity contribution in [1.82, 2.24) is 4.90 Å². The van der Waals surface area contributed by atoms with Gasteiger partial charge in [0.05, 0.1) is 13.2 Å². The van der Waals surface area contributed by atoms with E-state index in [2.05, 4.69) is 0 Å². The van der Waals surface area contributed by atoms with Gasteiger partial charge in [0.15, 0.2) is 0 Å². The standard InChI is InChI=1S/C17H29NO6/c1-24-16(22)11-8-17(23)13(7-12(19)14(20)15(17)21)18(11)9-10-5-3-2-4-6-10/h10-15,19-21,23H,2-9H2,1H3/t11-,12+,13+,14+,15+,17-/m0/s1. The molecule has 4 N–H and O–H groups in total. The summed E-state index contributed by atoms with van der Waals surface area (Å²) in [5, 5.41) is 41.4. The maximum Gasteiger partial charge on any atom is 0.323 e. The number of hydrogen-bond acceptors (Lipinski definition) is 7. The number of ether oxygens (including phenoxy) is 1. The van der Waals surface area contributed by atoms with Crippen LogP contribution in [0.3, 0.4) is 0 Å². The van der Waals surface area contributed by atoms with Crippen LogP contribution in [0.2, 0.25) is 0 Å². The van der Waals surface area contributed by atoms with E-state index in [9.17, 15) is 25.2 Å². The Hall–Kier alpha value is -0.730. The highest BCUT2D eigenvalue weighted by Crippen LogP contribution is 2.44. The summed E-state index contributed by atoms with van der Waals surface area (Å²) in [7, 11) is 1.31. The predicted octanol–water partition coefficient (Wildman–Crippen LogP) is -0.600. The smallest absolute Gasteiger partial charge is 0.323 e. The summed E-state index contributed by atoms with van der Waals surface area (Å²) in [5.74, 6) is -0.000735. The molecule has 0 spiro atoms. The molecule has 2 aliphatic carbocycles. The van der Waals surface area contributed by atoms with E-state index in [1.165, 1.54) is 26.4 Å². The van der Waals surface area contributed by atoms with Crippen LogP contribution < -0.4 is 0 Å². The van der Waals surface area contributed by atoms with E-state index in [0.717, 1.165) is 12.8 Å². The Morgan fingerprint density at radius 2 is 1.88 bits per heavy atom. The minimum atomic E-state index is -1.60. The summed E-state index contributed by atoms with van der Waals surface area (Å²) in [4.78, 5) is 14.1. The Balaban J connectivity index is 1.85. The van der Waals surface area contributed by atoms with Crippen molar-refractivity contribution in [3.05, 3.63) is 0 Å². The normalized spacial score (nSPS) is 44.3. The maximum absolute atomic E-state index is 12.2. The molecule has 138 valence electrons. The van der Waals surface area contributed by atoms with Crippen LogP contribution in [0, 0.1) is 5.92 Å². The van der Waals surface area contributed by atoms with Gasteiger partial charge in [-0.1, -0.05) is 19.3 Å². The highest BCUT2D eigenvalue weighted by molar-refractivity contribution is 5.76. The molecule has 3 aliphatic rings. The number of aliphatic hydroxyl groups excluding tert-OH is 3. The number of likely N-dealkylation sites (tertiary alicyclic amines) is 1. The third kappa shape index (κ3) is 2.97. The number of esters is 1. The molecule has 24 heavy (non-hydrogen) atoms. The van der Waals surface area contributed by atoms with Crippen molar-refractivity contribution in [2.75, 3.05) is 13.7 Å². The van der Waals surface area contributed by atoms with Crippen molar-refractivity contribution in [1.29, 1.82) is 0 Å². The molecule has 0 aromatic heterocycles. The fourth-order valence-corrected chi connectivity index (χ4v) is 4.88. The Kier molecular flexibility index (Phi) is 5.18. The first-order chi connectivity index (χ1) is 11.4. The summed E-state index contributed by atoms with van der Waals surface area (Å²) in [5.41, 5.74) is -1.60. The molecule has 3 fully saturated rings. The Bertz CT molecular complexity index is 468. The van der Waals surface area contributed by atoms with Crippen LogP contribution in [0.15, 0.2) is 0 Å². The molecule has 0 aromatic carbocycles. The van der Waals surface area contributed by atoms with E-state index in [1.54, 1.807) is 0 Å². The highest BCUT2D eigenvalue weighted by Gasteiger charge is 2.62. The second kappa shape index (κ2) is 6.88. The lowest BCUT2D eigenvalue weighted by Gasteiger charge is -2.46. The third-order valence-corrected chi connectivity index (χ3v) is 6.26. The SMILES string of the molecule is COC(=O)[C@@H]1C[C@@]2(O)[C@H](O)[C@H](O)[C@H](O)C[C@H]2N1CC1CCCCC1. The van der Waals surface area contributed by atoms with Gasteiger partial charge in [-0.2, -0.15) is 0 Å². The van der Waals surface area contributed by atoms with Gasteiger partial charge < -0.3 is 25.2 Å². The number of aliphatic hydroxyl groups is 4. The molecule has 0 unspecified atom stereocenters. The minimum Gasteiger partial charge on any atom is -0.468 e. The summed E-state index contributed by atoms with van der Waals surface area (Å²) in [6.45, 7) is 0.641. The zero-order valence-corrected chi connectivity index (χ0v) is 14.2. The number of nitrogens with zero attached hydrogens (tertiary/aromatic N) is 1. The molecule has 3 rings (SSSR count). The van der Waals surface area contributed by atoms with Gasteiger partial charge in [0.25, 0.3) is 0 Å². The average Bonchev–Trinajstić information content (AvgIpc) is 2.87. The Labute approximate surface area is 142 Å². The van der Waals surface area contributed by atoms with E-state index < -0.39 is 42.0 Å². The van der Waals surface area contributed by atoms with Crippen molar-refractivity contribution in [3.63, 3.8) is 0 Å². The minimum absolute atomic E-state index is 0.0159. The van der Waals surface area contributed by atoms with Crippen molar-refractivity contribution >= 4 is 5.97 Å². The second-order valence-electron chi connectivity index (χ2n) is 7.69. The van der Waals surface area contributed by atoms with Gasteiger partial charge in [0, 0.05) is 19.0 Å². The van der Waals surface area contributed by atoms with Gasteiger partial charge in [0.1, 0.15) is 23.9 Å². The van der Waals surface area contributed by atoms with Gasteiger partial charge in [-0.05, 0) is 25.2 Å². The van der Waals surface area contributed by atoms with E-state index in [0.29, 0.717) is 12.5 Å². The monoisotopic (exact) mass is 343 g/mol. The number of hydrogen-bond donors (Lipinski definition) is 4. The molecule has 7 heteroatoms. The molecule has 0 aromatic rings. The molecule has 0 amide bonds. The molecule has 1 heterocycles. The van der Waals surface area contributed by atoms with Gasteiger partial charge in [-0.15, -0.1) is 0 Å². The topological polar surface area (TPSA) is 110 Å². The van der Waals surface area contributed by atoms with E-state index >= 15 is 0 Å². The van der Waals surface area contributed by atoms with Crippen LogP contribution in [0.25, 0.3) is 0 Å². The molecule has 2 saturated carbocycles. The second-order valence-corrected chi connectivity index (χ2v) is 7.69. The number of carbonyl (C=O) groups is 1. The number of carbonyl (C=O) groups excluding carboxylic acids is 1. The van der Waals surface area contributed by atoms with Crippen LogP contribution in [-0.4, -0.2) is 80.9 Å². The zero-order valence-electron chi connectivity index (χ0n) is 14.2. The molecule has 6 atom stereocenters. The van der Waals surface area contributed by atoms with Crippen molar-refractivity contribution in [2.24, 2.45) is 5.92 Å². The molecular formula is C17H29NO6. The number of fused-ring (bicyclic) bond motifs is 1. The lowest BCUT2D eigenvalue weighted by Crippen LogP contribution is -2.65.